The van der Waals surface area contributed by atoms with E-state index in [4.69, 9.17) is 23.2 Å². The zero-order valence-electron chi connectivity index (χ0n) is 11.6. The van der Waals surface area contributed by atoms with E-state index in [1.54, 1.807) is 0 Å². The number of benzene rings is 1. The van der Waals surface area contributed by atoms with Crippen LogP contribution in [0.4, 0.5) is 0 Å². The fourth-order valence-corrected chi connectivity index (χ4v) is 3.35. The number of nitrogens with zero attached hydrogens (tertiary/aromatic N) is 1. The Kier molecular flexibility index (Phi) is 5.52. The minimum absolute atomic E-state index is 0.238. The molecule has 1 N–H and O–H groups in total. The van der Waals surface area contributed by atoms with E-state index in [1.807, 2.05) is 18.2 Å². The van der Waals surface area contributed by atoms with E-state index in [9.17, 15) is 0 Å². The third-order valence-corrected chi connectivity index (χ3v) is 4.26. The molecule has 0 amide bonds. The first-order valence-corrected chi connectivity index (χ1v) is 7.75. The zero-order chi connectivity index (χ0) is 13.8. The van der Waals surface area contributed by atoms with Crippen LogP contribution >= 0.6 is 23.2 Å². The first-order valence-electron chi connectivity index (χ1n) is 6.99. The van der Waals surface area contributed by atoms with Crippen LogP contribution < -0.4 is 5.32 Å². The molecule has 1 fully saturated rings. The third-order valence-electron chi connectivity index (χ3n) is 3.69. The number of likely N-dealkylation sites (tertiary alicyclic amines) is 1. The van der Waals surface area contributed by atoms with Crippen LogP contribution in [0, 0.1) is 0 Å². The summed E-state index contributed by atoms with van der Waals surface area (Å²) < 4.78 is 0. The summed E-state index contributed by atoms with van der Waals surface area (Å²) in [5.41, 5.74) is 1.11. The maximum atomic E-state index is 6.24. The number of rotatable bonds is 5. The van der Waals surface area contributed by atoms with Gasteiger partial charge in [0.25, 0.3) is 0 Å². The van der Waals surface area contributed by atoms with Gasteiger partial charge in [-0.25, -0.2) is 0 Å². The Morgan fingerprint density at radius 2 is 1.89 bits per heavy atom. The molecule has 0 aromatic heterocycles. The highest BCUT2D eigenvalue weighted by molar-refractivity contribution is 6.35. The van der Waals surface area contributed by atoms with E-state index in [1.165, 1.54) is 25.9 Å². The molecular formula is C15H22Cl2N2. The van der Waals surface area contributed by atoms with Crippen LogP contribution in [0.25, 0.3) is 0 Å². The van der Waals surface area contributed by atoms with Crippen molar-refractivity contribution in [3.8, 4) is 0 Å². The predicted octanol–water partition coefficient (Wildman–Crippen LogP) is 4.13. The van der Waals surface area contributed by atoms with Crippen LogP contribution in [0.1, 0.15) is 38.3 Å². The summed E-state index contributed by atoms with van der Waals surface area (Å²) in [6.07, 6.45) is 2.68. The molecule has 1 aromatic carbocycles. The van der Waals surface area contributed by atoms with Crippen molar-refractivity contribution in [2.75, 3.05) is 19.6 Å². The fraction of sp³-hybridized carbons (Fsp3) is 0.600. The highest BCUT2D eigenvalue weighted by atomic mass is 35.5. The molecule has 19 heavy (non-hydrogen) atoms. The summed E-state index contributed by atoms with van der Waals surface area (Å²) in [6.45, 7) is 7.97. The summed E-state index contributed by atoms with van der Waals surface area (Å²) in [6, 6.07) is 6.40. The molecule has 0 spiro atoms. The summed E-state index contributed by atoms with van der Waals surface area (Å²) in [4.78, 5) is 2.52. The topological polar surface area (TPSA) is 15.3 Å². The van der Waals surface area contributed by atoms with Gasteiger partial charge in [-0.2, -0.15) is 0 Å². The minimum Gasteiger partial charge on any atom is -0.306 e. The van der Waals surface area contributed by atoms with Gasteiger partial charge in [-0.3, -0.25) is 0 Å². The standard InChI is InChI=1S/C15H22Cl2N2/c1-11(10-19-7-3-4-8-19)18-12(2)14-6-5-13(16)9-15(14)17/h5-6,9,11-12,18H,3-4,7-8,10H2,1-2H3. The Balaban J connectivity index is 1.90. The monoisotopic (exact) mass is 300 g/mol. The van der Waals surface area contributed by atoms with Gasteiger partial charge in [-0.1, -0.05) is 29.3 Å². The van der Waals surface area contributed by atoms with E-state index in [-0.39, 0.29) is 6.04 Å². The van der Waals surface area contributed by atoms with Gasteiger partial charge >= 0.3 is 0 Å². The maximum absolute atomic E-state index is 6.24. The van der Waals surface area contributed by atoms with Crippen molar-refractivity contribution in [3.05, 3.63) is 33.8 Å². The van der Waals surface area contributed by atoms with Crippen LogP contribution in [-0.2, 0) is 0 Å². The Bertz CT molecular complexity index is 417. The smallest absolute Gasteiger partial charge is 0.0468 e. The molecule has 106 valence electrons. The molecule has 2 nitrogen and oxygen atoms in total. The van der Waals surface area contributed by atoms with Gasteiger partial charge in [0, 0.05) is 28.7 Å². The van der Waals surface area contributed by atoms with Crippen LogP contribution in [0.15, 0.2) is 18.2 Å². The average Bonchev–Trinajstić information content (AvgIpc) is 2.81. The van der Waals surface area contributed by atoms with E-state index in [2.05, 4.69) is 24.1 Å². The lowest BCUT2D eigenvalue weighted by molar-refractivity contribution is 0.289. The first kappa shape index (κ1) is 15.1. The van der Waals surface area contributed by atoms with E-state index in [0.29, 0.717) is 11.1 Å². The molecule has 0 radical (unpaired) electrons. The largest absolute Gasteiger partial charge is 0.306 e. The van der Waals surface area contributed by atoms with Crippen molar-refractivity contribution >= 4 is 23.2 Å². The maximum Gasteiger partial charge on any atom is 0.0468 e. The van der Waals surface area contributed by atoms with Gasteiger partial charge in [0.1, 0.15) is 0 Å². The van der Waals surface area contributed by atoms with Gasteiger partial charge in [0.15, 0.2) is 0 Å². The molecule has 2 rings (SSSR count). The predicted molar refractivity (Wildman–Crippen MR) is 83.1 cm³/mol. The summed E-state index contributed by atoms with van der Waals surface area (Å²) >= 11 is 12.2. The molecule has 2 unspecified atom stereocenters. The normalized spacial score (nSPS) is 19.6. The lowest BCUT2D eigenvalue weighted by atomic mass is 10.1. The second kappa shape index (κ2) is 6.94. The van der Waals surface area contributed by atoms with Crippen LogP contribution in [0.2, 0.25) is 10.0 Å². The molecule has 0 aliphatic carbocycles. The van der Waals surface area contributed by atoms with Gasteiger partial charge < -0.3 is 10.2 Å². The van der Waals surface area contributed by atoms with Gasteiger partial charge in [-0.05, 0) is 57.5 Å². The molecule has 1 aromatic rings. The number of hydrogen-bond donors (Lipinski definition) is 1. The van der Waals surface area contributed by atoms with E-state index < -0.39 is 0 Å². The first-order chi connectivity index (χ1) is 9.06. The Hall–Kier alpha value is -0.280. The van der Waals surface area contributed by atoms with Gasteiger partial charge in [0.05, 0.1) is 0 Å². The lowest BCUT2D eigenvalue weighted by Crippen LogP contribution is -2.39. The number of nitrogens with one attached hydrogen (secondary N) is 1. The molecule has 2 atom stereocenters. The van der Waals surface area contributed by atoms with Crippen molar-refractivity contribution in [1.82, 2.24) is 10.2 Å². The zero-order valence-corrected chi connectivity index (χ0v) is 13.1. The molecule has 1 aliphatic rings. The van der Waals surface area contributed by atoms with Crippen LogP contribution in [0.3, 0.4) is 0 Å². The fourth-order valence-electron chi connectivity index (χ4n) is 2.77. The van der Waals surface area contributed by atoms with Crippen molar-refractivity contribution < 1.29 is 0 Å². The molecule has 1 aliphatic heterocycles. The average molecular weight is 301 g/mol. The van der Waals surface area contributed by atoms with E-state index >= 15 is 0 Å². The van der Waals surface area contributed by atoms with Crippen LogP contribution in [0.5, 0.6) is 0 Å². The van der Waals surface area contributed by atoms with Gasteiger partial charge in [-0.15, -0.1) is 0 Å². The summed E-state index contributed by atoms with van der Waals surface area (Å²) in [7, 11) is 0. The quantitative estimate of drug-likeness (QED) is 0.879. The second-order valence-electron chi connectivity index (χ2n) is 5.46. The van der Waals surface area contributed by atoms with E-state index in [0.717, 1.165) is 17.1 Å². The highest BCUT2D eigenvalue weighted by Gasteiger charge is 2.17. The van der Waals surface area contributed by atoms with Crippen molar-refractivity contribution in [2.45, 2.75) is 38.8 Å². The molecule has 0 saturated carbocycles. The molecular weight excluding hydrogens is 279 g/mol. The SMILES string of the molecule is CC(CN1CCCC1)NC(C)c1ccc(Cl)cc1Cl. The number of halogens is 2. The number of hydrogen-bond acceptors (Lipinski definition) is 2. The Morgan fingerprint density at radius 3 is 2.53 bits per heavy atom. The van der Waals surface area contributed by atoms with Crippen molar-refractivity contribution in [3.63, 3.8) is 0 Å². The summed E-state index contributed by atoms with van der Waals surface area (Å²) in [5.74, 6) is 0. The molecule has 1 heterocycles. The molecule has 4 heteroatoms. The highest BCUT2D eigenvalue weighted by Crippen LogP contribution is 2.26. The second-order valence-corrected chi connectivity index (χ2v) is 6.31. The van der Waals surface area contributed by atoms with Crippen molar-refractivity contribution in [1.29, 1.82) is 0 Å². The Labute approximate surface area is 126 Å². The van der Waals surface area contributed by atoms with Crippen molar-refractivity contribution in [2.24, 2.45) is 0 Å². The minimum atomic E-state index is 0.238. The molecule has 1 saturated heterocycles. The summed E-state index contributed by atoms with van der Waals surface area (Å²) in [5, 5.41) is 5.04. The van der Waals surface area contributed by atoms with Gasteiger partial charge in [0.2, 0.25) is 0 Å². The molecule has 0 bridgehead atoms. The third kappa shape index (κ3) is 4.35. The Morgan fingerprint density at radius 1 is 1.21 bits per heavy atom. The lowest BCUT2D eigenvalue weighted by Gasteiger charge is -2.25. The van der Waals surface area contributed by atoms with Crippen LogP contribution in [-0.4, -0.2) is 30.6 Å².